The van der Waals surface area contributed by atoms with E-state index in [-0.39, 0.29) is 40.3 Å². The van der Waals surface area contributed by atoms with Crippen LogP contribution in [0, 0.1) is 0 Å². The number of rotatable bonds is 14. The van der Waals surface area contributed by atoms with E-state index in [4.69, 9.17) is 15.2 Å². The van der Waals surface area contributed by atoms with Gasteiger partial charge in [0.05, 0.1) is 18.5 Å². The molecule has 0 spiro atoms. The highest BCUT2D eigenvalue weighted by molar-refractivity contribution is 5.96. The molecule has 0 aliphatic heterocycles. The number of amides is 1. The van der Waals surface area contributed by atoms with Gasteiger partial charge in [-0.1, -0.05) is 67.0 Å². The van der Waals surface area contributed by atoms with E-state index in [1.807, 2.05) is 6.07 Å². The number of aromatic hydroxyl groups is 1. The highest BCUT2D eigenvalue weighted by Crippen LogP contribution is 2.39. The molecule has 0 heterocycles. The second-order valence-electron chi connectivity index (χ2n) is 11.2. The Morgan fingerprint density at radius 2 is 1.67 bits per heavy atom. The Labute approximate surface area is 233 Å². The SMILES string of the molecule is CCCCC(Oc1ccc(C(C)(C)CC)cc1C(C)(C)CC)C(=O)Nc1cc(O)c(N)cc1OCC(=O)OC. The van der Waals surface area contributed by atoms with Crippen molar-refractivity contribution >= 4 is 23.3 Å². The average Bonchev–Trinajstić information content (AvgIpc) is 2.91. The molecule has 8 heteroatoms. The summed E-state index contributed by atoms with van der Waals surface area (Å²) in [6.07, 6.45) is 3.27. The van der Waals surface area contributed by atoms with Crippen LogP contribution in [0.15, 0.2) is 30.3 Å². The van der Waals surface area contributed by atoms with Gasteiger partial charge in [0, 0.05) is 17.7 Å². The van der Waals surface area contributed by atoms with Crippen LogP contribution in [0.1, 0.15) is 91.7 Å². The van der Waals surface area contributed by atoms with Crippen molar-refractivity contribution < 1.29 is 28.9 Å². The molecule has 0 saturated heterocycles. The topological polar surface area (TPSA) is 120 Å². The van der Waals surface area contributed by atoms with Crippen molar-refractivity contribution in [2.45, 2.75) is 97.5 Å². The van der Waals surface area contributed by atoms with Crippen molar-refractivity contribution in [1.82, 2.24) is 0 Å². The van der Waals surface area contributed by atoms with Crippen LogP contribution in [0.3, 0.4) is 0 Å². The number of phenolic OH excluding ortho intramolecular Hbond substituents is 1. The van der Waals surface area contributed by atoms with Gasteiger partial charge >= 0.3 is 5.97 Å². The van der Waals surface area contributed by atoms with Crippen molar-refractivity contribution in [2.75, 3.05) is 24.8 Å². The van der Waals surface area contributed by atoms with Crippen LogP contribution < -0.4 is 20.5 Å². The molecule has 0 saturated carbocycles. The van der Waals surface area contributed by atoms with E-state index >= 15 is 0 Å². The number of carbonyl (C=O) groups is 2. The highest BCUT2D eigenvalue weighted by Gasteiger charge is 2.29. The Bertz CT molecular complexity index is 1140. The summed E-state index contributed by atoms with van der Waals surface area (Å²) in [6, 6.07) is 8.93. The number of hydrogen-bond donors (Lipinski definition) is 3. The fourth-order valence-electron chi connectivity index (χ4n) is 3.97. The number of carbonyl (C=O) groups excluding carboxylic acids is 2. The Hall–Kier alpha value is -3.42. The summed E-state index contributed by atoms with van der Waals surface area (Å²) >= 11 is 0. The van der Waals surface area contributed by atoms with Gasteiger partial charge in [0.25, 0.3) is 5.91 Å². The molecule has 39 heavy (non-hydrogen) atoms. The van der Waals surface area contributed by atoms with E-state index in [1.165, 1.54) is 24.8 Å². The van der Waals surface area contributed by atoms with E-state index in [0.29, 0.717) is 12.2 Å². The zero-order valence-corrected chi connectivity index (χ0v) is 24.8. The number of methoxy groups -OCH3 is 1. The minimum absolute atomic E-state index is 0.00778. The second-order valence-corrected chi connectivity index (χ2v) is 11.2. The van der Waals surface area contributed by atoms with Crippen molar-refractivity contribution in [1.29, 1.82) is 0 Å². The number of anilines is 2. The molecule has 2 aromatic rings. The van der Waals surface area contributed by atoms with E-state index in [1.54, 1.807) is 0 Å². The standard InChI is InChI=1S/C31H46N2O6/c1-9-12-13-26(29(36)33-23-18-24(34)22(32)17-27(23)38-19-28(35)37-8)39-25-15-14-20(30(4,5)10-2)16-21(25)31(6,7)11-3/h14-18,26,34H,9-13,19,32H2,1-8H3,(H,33,36). The summed E-state index contributed by atoms with van der Waals surface area (Å²) in [5.41, 5.74) is 8.18. The molecular weight excluding hydrogens is 496 g/mol. The third-order valence-electron chi connectivity index (χ3n) is 7.60. The van der Waals surface area contributed by atoms with E-state index in [9.17, 15) is 14.7 Å². The Balaban J connectivity index is 2.45. The lowest BCUT2D eigenvalue weighted by atomic mass is 9.76. The number of hydrogen-bond acceptors (Lipinski definition) is 7. The maximum atomic E-state index is 13.6. The normalized spacial score (nSPS) is 12.5. The summed E-state index contributed by atoms with van der Waals surface area (Å²) in [5, 5.41) is 13.0. The van der Waals surface area contributed by atoms with Gasteiger partial charge in [-0.05, 0) is 48.1 Å². The van der Waals surface area contributed by atoms with Gasteiger partial charge in [0.2, 0.25) is 0 Å². The summed E-state index contributed by atoms with van der Waals surface area (Å²) in [4.78, 5) is 25.2. The average molecular weight is 543 g/mol. The molecule has 8 nitrogen and oxygen atoms in total. The van der Waals surface area contributed by atoms with Gasteiger partial charge in [-0.3, -0.25) is 4.79 Å². The molecule has 1 unspecified atom stereocenters. The van der Waals surface area contributed by atoms with Crippen LogP contribution in [0.4, 0.5) is 11.4 Å². The maximum Gasteiger partial charge on any atom is 0.343 e. The molecule has 216 valence electrons. The van der Waals surface area contributed by atoms with Gasteiger partial charge in [0.1, 0.15) is 17.2 Å². The Morgan fingerprint density at radius 1 is 1.00 bits per heavy atom. The number of phenols is 1. The van der Waals surface area contributed by atoms with E-state index < -0.39 is 18.0 Å². The first kappa shape index (κ1) is 31.8. The van der Waals surface area contributed by atoms with Crippen molar-refractivity contribution in [3.63, 3.8) is 0 Å². The molecule has 0 aliphatic rings. The number of nitrogens with two attached hydrogens (primary N) is 1. The summed E-state index contributed by atoms with van der Waals surface area (Å²) in [6.45, 7) is 14.8. The number of benzene rings is 2. The predicted octanol–water partition coefficient (Wildman–Crippen LogP) is 6.48. The lowest BCUT2D eigenvalue weighted by Gasteiger charge is -2.31. The first-order valence-corrected chi connectivity index (χ1v) is 13.7. The molecule has 0 aliphatic carbocycles. The highest BCUT2D eigenvalue weighted by atomic mass is 16.6. The molecule has 0 bridgehead atoms. The fourth-order valence-corrected chi connectivity index (χ4v) is 3.97. The number of ether oxygens (including phenoxy) is 3. The minimum atomic E-state index is -0.797. The minimum Gasteiger partial charge on any atom is -0.506 e. The second kappa shape index (κ2) is 13.6. The number of unbranched alkanes of at least 4 members (excludes halogenated alkanes) is 1. The Kier molecular flexibility index (Phi) is 11.1. The first-order valence-electron chi connectivity index (χ1n) is 13.7. The van der Waals surface area contributed by atoms with Crippen molar-refractivity contribution in [3.05, 3.63) is 41.5 Å². The van der Waals surface area contributed by atoms with Gasteiger partial charge in [-0.2, -0.15) is 0 Å². The number of esters is 1. The van der Waals surface area contributed by atoms with Gasteiger partial charge < -0.3 is 30.4 Å². The molecule has 2 rings (SSSR count). The van der Waals surface area contributed by atoms with Gasteiger partial charge in [0.15, 0.2) is 12.7 Å². The molecule has 0 radical (unpaired) electrons. The molecule has 0 aromatic heterocycles. The smallest absolute Gasteiger partial charge is 0.343 e. The fraction of sp³-hybridized carbons (Fsp3) is 0.548. The summed E-state index contributed by atoms with van der Waals surface area (Å²) in [7, 11) is 1.25. The van der Waals surface area contributed by atoms with Crippen molar-refractivity contribution in [3.8, 4) is 17.2 Å². The zero-order valence-electron chi connectivity index (χ0n) is 24.8. The molecule has 1 atom stereocenters. The van der Waals surface area contributed by atoms with Crippen LogP contribution in [-0.4, -0.2) is 36.8 Å². The van der Waals surface area contributed by atoms with Crippen LogP contribution in [-0.2, 0) is 25.2 Å². The van der Waals surface area contributed by atoms with E-state index in [2.05, 4.69) is 70.7 Å². The molecule has 2 aromatic carbocycles. The molecule has 0 fully saturated rings. The monoisotopic (exact) mass is 542 g/mol. The predicted molar refractivity (Wildman–Crippen MR) is 156 cm³/mol. The third-order valence-corrected chi connectivity index (χ3v) is 7.60. The van der Waals surface area contributed by atoms with Crippen LogP contribution in [0.2, 0.25) is 0 Å². The maximum absolute atomic E-state index is 13.6. The number of nitrogens with one attached hydrogen (secondary N) is 1. The molecule has 1 amide bonds. The summed E-state index contributed by atoms with van der Waals surface area (Å²) < 4.78 is 16.6. The van der Waals surface area contributed by atoms with Gasteiger partial charge in [-0.15, -0.1) is 0 Å². The molecular formula is C31H46N2O6. The lowest BCUT2D eigenvalue weighted by molar-refractivity contribution is -0.142. The van der Waals surface area contributed by atoms with Crippen molar-refractivity contribution in [2.24, 2.45) is 0 Å². The number of nitrogen functional groups attached to an aromatic ring is 1. The van der Waals surface area contributed by atoms with Crippen LogP contribution in [0.25, 0.3) is 0 Å². The molecule has 4 N–H and O–H groups in total. The van der Waals surface area contributed by atoms with Gasteiger partial charge in [-0.25, -0.2) is 4.79 Å². The quantitative estimate of drug-likeness (QED) is 0.142. The van der Waals surface area contributed by atoms with E-state index in [0.717, 1.165) is 31.2 Å². The van der Waals surface area contributed by atoms with Crippen LogP contribution >= 0.6 is 0 Å². The van der Waals surface area contributed by atoms with Crippen LogP contribution in [0.5, 0.6) is 17.2 Å². The first-order chi connectivity index (χ1) is 18.3. The largest absolute Gasteiger partial charge is 0.506 e. The Morgan fingerprint density at radius 3 is 2.26 bits per heavy atom. The third kappa shape index (κ3) is 8.28. The lowest BCUT2D eigenvalue weighted by Crippen LogP contribution is -2.34. The summed E-state index contributed by atoms with van der Waals surface area (Å²) in [5.74, 6) is -0.395. The zero-order chi connectivity index (χ0) is 29.4.